The number of ketones is 1. The molecule has 1 atom stereocenters. The van der Waals surface area contributed by atoms with Crippen molar-refractivity contribution in [2.45, 2.75) is 19.4 Å². The van der Waals surface area contributed by atoms with E-state index in [4.69, 9.17) is 28.6 Å². The maximum absolute atomic E-state index is 13.1. The molecule has 2 aromatic carbocycles. The van der Waals surface area contributed by atoms with Crippen molar-refractivity contribution in [3.05, 3.63) is 90.8 Å². The van der Waals surface area contributed by atoms with E-state index >= 15 is 0 Å². The highest BCUT2D eigenvalue weighted by molar-refractivity contribution is 8.19. The number of carbonyl (C=O) groups excluding carboxylic acids is 1. The van der Waals surface area contributed by atoms with Crippen molar-refractivity contribution >= 4 is 74.1 Å². The summed E-state index contributed by atoms with van der Waals surface area (Å²) in [6, 6.07) is 13.8. The Kier molecular flexibility index (Phi) is 5.72. The Morgan fingerprint density at radius 3 is 2.75 bits per heavy atom. The predicted octanol–water partition coefficient (Wildman–Crippen LogP) is 7.18. The van der Waals surface area contributed by atoms with Crippen LogP contribution >= 0.6 is 46.3 Å². The normalized spacial score (nSPS) is 17.7. The van der Waals surface area contributed by atoms with Crippen molar-refractivity contribution in [2.75, 3.05) is 0 Å². The molecule has 0 unspecified atom stereocenters. The van der Waals surface area contributed by atoms with Crippen LogP contribution in [0, 0.1) is 12.3 Å². The highest BCUT2D eigenvalue weighted by Crippen LogP contribution is 2.42. The number of benzene rings is 2. The fourth-order valence-corrected chi connectivity index (χ4v) is 6.09. The summed E-state index contributed by atoms with van der Waals surface area (Å²) in [5, 5.41) is 13.3. The highest BCUT2D eigenvalue weighted by atomic mass is 35.5. The van der Waals surface area contributed by atoms with Crippen molar-refractivity contribution in [3.63, 3.8) is 0 Å². The number of Topliss-reactive ketones (excluding diaryl/α,β-unsaturated/α-hetero) is 1. The van der Waals surface area contributed by atoms with Crippen molar-refractivity contribution in [1.29, 1.82) is 5.41 Å². The molecule has 4 nitrogen and oxygen atoms in total. The summed E-state index contributed by atoms with van der Waals surface area (Å²) in [4.78, 5) is 18.0. The Morgan fingerprint density at radius 1 is 1.19 bits per heavy atom. The van der Waals surface area contributed by atoms with Crippen LogP contribution in [0.15, 0.2) is 58.9 Å². The van der Waals surface area contributed by atoms with Gasteiger partial charge in [-0.3, -0.25) is 10.2 Å². The van der Waals surface area contributed by atoms with E-state index in [1.54, 1.807) is 12.3 Å². The zero-order chi connectivity index (χ0) is 22.4. The summed E-state index contributed by atoms with van der Waals surface area (Å²) < 4.78 is 2.22. The SMILES string of the molecule is Cc1c(/C=C2\SC(=N)[C@H](c3nccs3)C2=O)c2ccccc2n1Cc1ccc(Cl)c(Cl)c1. The largest absolute Gasteiger partial charge is 0.340 e. The molecule has 3 heterocycles. The molecule has 5 rings (SSSR count). The first-order chi connectivity index (χ1) is 15.4. The number of hydrogen-bond acceptors (Lipinski definition) is 5. The van der Waals surface area contributed by atoms with E-state index in [9.17, 15) is 4.79 Å². The molecule has 2 aromatic heterocycles. The second kappa shape index (κ2) is 8.52. The average molecular weight is 498 g/mol. The third kappa shape index (κ3) is 3.71. The monoisotopic (exact) mass is 497 g/mol. The van der Waals surface area contributed by atoms with Gasteiger partial charge in [0.05, 0.1) is 20.0 Å². The maximum Gasteiger partial charge on any atom is 0.186 e. The molecule has 0 bridgehead atoms. The number of carbonyl (C=O) groups is 1. The van der Waals surface area contributed by atoms with Gasteiger partial charge >= 0.3 is 0 Å². The Hall–Kier alpha value is -2.38. The summed E-state index contributed by atoms with van der Waals surface area (Å²) in [5.41, 5.74) is 4.15. The third-order valence-electron chi connectivity index (χ3n) is 5.57. The lowest BCUT2D eigenvalue weighted by atomic mass is 10.0. The number of aromatic nitrogens is 2. The van der Waals surface area contributed by atoms with Gasteiger partial charge in [-0.15, -0.1) is 11.3 Å². The molecule has 1 fully saturated rings. The highest BCUT2D eigenvalue weighted by Gasteiger charge is 2.38. The molecular formula is C24H17Cl2N3OS2. The number of allylic oxidation sites excluding steroid dienone is 1. The predicted molar refractivity (Wildman–Crippen MR) is 135 cm³/mol. The number of thiazole rings is 1. The number of para-hydroxylation sites is 1. The quantitative estimate of drug-likeness (QED) is 0.303. The van der Waals surface area contributed by atoms with E-state index < -0.39 is 5.92 Å². The number of nitrogens with zero attached hydrogens (tertiary/aromatic N) is 2. The number of fused-ring (bicyclic) bond motifs is 1. The molecule has 8 heteroatoms. The lowest BCUT2D eigenvalue weighted by Crippen LogP contribution is -2.11. The molecule has 0 radical (unpaired) electrons. The molecule has 160 valence electrons. The molecule has 0 amide bonds. The van der Waals surface area contributed by atoms with E-state index in [1.165, 1.54) is 23.1 Å². The van der Waals surface area contributed by atoms with Crippen LogP contribution in [-0.2, 0) is 11.3 Å². The number of nitrogens with one attached hydrogen (secondary N) is 1. The average Bonchev–Trinajstić information content (AvgIpc) is 3.46. The smallest absolute Gasteiger partial charge is 0.186 e. The first kappa shape index (κ1) is 21.5. The number of rotatable bonds is 4. The first-order valence-corrected chi connectivity index (χ1v) is 12.3. The lowest BCUT2D eigenvalue weighted by Gasteiger charge is -2.10. The zero-order valence-corrected chi connectivity index (χ0v) is 20.1. The lowest BCUT2D eigenvalue weighted by molar-refractivity contribution is -0.114. The van der Waals surface area contributed by atoms with Crippen molar-refractivity contribution in [1.82, 2.24) is 9.55 Å². The van der Waals surface area contributed by atoms with Gasteiger partial charge in [-0.2, -0.15) is 0 Å². The van der Waals surface area contributed by atoms with Crippen molar-refractivity contribution in [2.24, 2.45) is 0 Å². The minimum absolute atomic E-state index is 0.0596. The van der Waals surface area contributed by atoms with Gasteiger partial charge in [-0.1, -0.05) is 59.2 Å². The van der Waals surface area contributed by atoms with Crippen LogP contribution in [0.3, 0.4) is 0 Å². The zero-order valence-electron chi connectivity index (χ0n) is 16.9. The number of halogens is 2. The Balaban J connectivity index is 1.58. The summed E-state index contributed by atoms with van der Waals surface area (Å²) >= 11 is 14.9. The minimum Gasteiger partial charge on any atom is -0.340 e. The van der Waals surface area contributed by atoms with Crippen LogP contribution in [-0.4, -0.2) is 20.4 Å². The molecule has 4 aromatic rings. The van der Waals surface area contributed by atoms with Gasteiger partial charge in [-0.05, 0) is 36.8 Å². The van der Waals surface area contributed by atoms with Crippen LogP contribution in [0.25, 0.3) is 17.0 Å². The van der Waals surface area contributed by atoms with Crippen molar-refractivity contribution in [3.8, 4) is 0 Å². The Morgan fingerprint density at radius 2 is 2.00 bits per heavy atom. The summed E-state index contributed by atoms with van der Waals surface area (Å²) in [5.74, 6) is -0.647. The van der Waals surface area contributed by atoms with Crippen LogP contribution < -0.4 is 0 Å². The van der Waals surface area contributed by atoms with Gasteiger partial charge in [0.25, 0.3) is 0 Å². The first-order valence-electron chi connectivity index (χ1n) is 9.87. The van der Waals surface area contributed by atoms with Crippen LogP contribution in [0.4, 0.5) is 0 Å². The van der Waals surface area contributed by atoms with Gasteiger partial charge in [0.15, 0.2) is 5.78 Å². The second-order valence-electron chi connectivity index (χ2n) is 7.49. The summed E-state index contributed by atoms with van der Waals surface area (Å²) in [7, 11) is 0. The molecule has 1 N–H and O–H groups in total. The molecule has 0 spiro atoms. The van der Waals surface area contributed by atoms with Crippen LogP contribution in [0.5, 0.6) is 0 Å². The van der Waals surface area contributed by atoms with Crippen LogP contribution in [0.1, 0.15) is 27.7 Å². The molecule has 0 saturated carbocycles. The van der Waals surface area contributed by atoms with E-state index in [-0.39, 0.29) is 5.78 Å². The van der Waals surface area contributed by atoms with E-state index in [1.807, 2.05) is 35.7 Å². The molecular weight excluding hydrogens is 481 g/mol. The standard InChI is InChI=1S/C24H17Cl2N3OS2/c1-13-16(11-20-22(30)21(23(27)32-20)24-28-8-9-31-24)15-4-2-3-5-19(15)29(13)12-14-6-7-17(25)18(26)10-14/h2-11,21,27H,12H2,1H3/b20-11-,27-23?/t21-/m1/s1. The fraction of sp³-hybridized carbons (Fsp3) is 0.125. The van der Waals surface area contributed by atoms with Gasteiger partial charge in [0.1, 0.15) is 10.9 Å². The third-order valence-corrected chi connectivity index (χ3v) is 8.14. The minimum atomic E-state index is -0.587. The second-order valence-corrected chi connectivity index (χ2v) is 10.3. The van der Waals surface area contributed by atoms with E-state index in [2.05, 4.69) is 28.6 Å². The van der Waals surface area contributed by atoms with Crippen LogP contribution in [0.2, 0.25) is 10.0 Å². The fourth-order valence-electron chi connectivity index (χ4n) is 3.99. The van der Waals surface area contributed by atoms with E-state index in [0.29, 0.717) is 31.5 Å². The number of hydrogen-bond donors (Lipinski definition) is 1. The molecule has 1 saturated heterocycles. The van der Waals surface area contributed by atoms with Gasteiger partial charge in [0, 0.05) is 40.3 Å². The Labute approximate surface area is 203 Å². The topological polar surface area (TPSA) is 58.7 Å². The molecule has 0 aliphatic carbocycles. The number of thioether (sulfide) groups is 1. The van der Waals surface area contributed by atoms with Gasteiger partial charge in [0.2, 0.25) is 0 Å². The van der Waals surface area contributed by atoms with E-state index in [0.717, 1.165) is 27.7 Å². The van der Waals surface area contributed by atoms with Crippen molar-refractivity contribution < 1.29 is 4.79 Å². The summed E-state index contributed by atoms with van der Waals surface area (Å²) in [6.07, 6.45) is 3.60. The van der Waals surface area contributed by atoms with Gasteiger partial charge < -0.3 is 4.57 Å². The summed E-state index contributed by atoms with van der Waals surface area (Å²) in [6.45, 7) is 2.68. The van der Waals surface area contributed by atoms with Gasteiger partial charge in [-0.25, -0.2) is 4.98 Å². The molecule has 1 aliphatic heterocycles. The maximum atomic E-state index is 13.1. The Bertz CT molecular complexity index is 1410. The molecule has 32 heavy (non-hydrogen) atoms. The molecule has 1 aliphatic rings.